The Morgan fingerprint density at radius 1 is 1.07 bits per heavy atom. The smallest absolute Gasteiger partial charge is 0.331 e. The van der Waals surface area contributed by atoms with Gasteiger partial charge in [-0.1, -0.05) is 69.7 Å². The van der Waals surface area contributed by atoms with Gasteiger partial charge in [0.1, 0.15) is 29.0 Å². The quantitative estimate of drug-likeness (QED) is 0.206. The molecule has 0 bridgehead atoms. The molecule has 1 aromatic rings. The minimum absolute atomic E-state index is 0.0357. The highest BCUT2D eigenvalue weighted by molar-refractivity contribution is 5.87. The van der Waals surface area contributed by atoms with Crippen LogP contribution < -0.4 is 0 Å². The molecule has 1 aromatic carbocycles. The normalized spacial score (nSPS) is 41.8. The second-order valence-corrected chi connectivity index (χ2v) is 14.0. The van der Waals surface area contributed by atoms with E-state index in [2.05, 4.69) is 6.92 Å². The molecule has 0 aromatic heterocycles. The summed E-state index contributed by atoms with van der Waals surface area (Å²) < 4.78 is 12.0. The molecule has 8 heteroatoms. The lowest BCUT2D eigenvalue weighted by molar-refractivity contribution is -0.326. The van der Waals surface area contributed by atoms with Crippen LogP contribution in [0.2, 0.25) is 0 Å². The topological polar surface area (TPSA) is 134 Å². The Morgan fingerprint density at radius 2 is 1.77 bits per heavy atom. The average Bonchev–Trinajstić information content (AvgIpc) is 3.22. The van der Waals surface area contributed by atoms with E-state index in [1.807, 2.05) is 43.3 Å². The van der Waals surface area contributed by atoms with Crippen molar-refractivity contribution in [3.63, 3.8) is 0 Å². The number of carbonyl (C=O) groups is 2. The summed E-state index contributed by atoms with van der Waals surface area (Å²) in [5.41, 5.74) is -5.56. The summed E-state index contributed by atoms with van der Waals surface area (Å²) >= 11 is 0. The van der Waals surface area contributed by atoms with Crippen LogP contribution in [0.15, 0.2) is 48.1 Å². The van der Waals surface area contributed by atoms with Crippen molar-refractivity contribution in [1.29, 1.82) is 0 Å². The van der Waals surface area contributed by atoms with Gasteiger partial charge in [0.2, 0.25) is 0 Å². The van der Waals surface area contributed by atoms with Gasteiger partial charge in [-0.3, -0.25) is 4.79 Å². The molecule has 43 heavy (non-hydrogen) atoms. The number of hydrogen-bond acceptors (Lipinski definition) is 8. The summed E-state index contributed by atoms with van der Waals surface area (Å²) in [7, 11) is 0. The van der Waals surface area contributed by atoms with E-state index in [1.165, 1.54) is 6.08 Å². The Bertz CT molecular complexity index is 1290. The van der Waals surface area contributed by atoms with Crippen LogP contribution in [0.3, 0.4) is 0 Å². The number of hydrogen-bond donors (Lipinski definition) is 4. The summed E-state index contributed by atoms with van der Waals surface area (Å²) in [4.78, 5) is 26.2. The molecule has 5 rings (SSSR count). The lowest BCUT2D eigenvalue weighted by atomic mass is 9.42. The van der Waals surface area contributed by atoms with Crippen molar-refractivity contribution in [2.75, 3.05) is 0 Å². The maximum absolute atomic E-state index is 13.4. The Kier molecular flexibility index (Phi) is 8.25. The molecule has 0 unspecified atom stereocenters. The first-order valence-electron chi connectivity index (χ1n) is 15.8. The van der Waals surface area contributed by atoms with Gasteiger partial charge in [0.15, 0.2) is 0 Å². The van der Waals surface area contributed by atoms with Gasteiger partial charge in [0, 0.05) is 12.0 Å². The number of aliphatic hydroxyl groups is 4. The van der Waals surface area contributed by atoms with Crippen molar-refractivity contribution < 1.29 is 39.5 Å². The Hall–Kier alpha value is -2.52. The van der Waals surface area contributed by atoms with Crippen LogP contribution in [-0.4, -0.2) is 67.5 Å². The molecule has 0 radical (unpaired) electrons. The average molecular weight is 597 g/mol. The standard InChI is InChI=1S/C35H48O8/c1-6-22(2)30(38)42-23(3)33(39)18-19-35(41)32(33,5)28(43-29(37)13-12-24-10-8-7-9-11-24)21-27-31(4)16-15-26(36)20-25(31)14-17-34(27,35)40/h7-14,22-23,26-28,36,39-41H,6,15-21H2,1-5H3/b13-12+/t22-,23-,26-,27+,28+,31-,32+,33+,34-,35+/m0/s1. The third-order valence-electron chi connectivity index (χ3n) is 12.1. The fourth-order valence-electron chi connectivity index (χ4n) is 8.95. The number of esters is 2. The van der Waals surface area contributed by atoms with Gasteiger partial charge in [-0.2, -0.15) is 0 Å². The Labute approximate surface area is 254 Å². The van der Waals surface area contributed by atoms with E-state index in [4.69, 9.17) is 9.47 Å². The molecule has 10 atom stereocenters. The first kappa shape index (κ1) is 31.9. The Balaban J connectivity index is 1.57. The number of carbonyl (C=O) groups excluding carboxylic acids is 2. The van der Waals surface area contributed by atoms with E-state index in [0.717, 1.165) is 11.1 Å². The zero-order chi connectivity index (χ0) is 31.4. The van der Waals surface area contributed by atoms with Crippen molar-refractivity contribution in [2.24, 2.45) is 22.7 Å². The van der Waals surface area contributed by atoms with Crippen molar-refractivity contribution in [1.82, 2.24) is 0 Å². The van der Waals surface area contributed by atoms with Gasteiger partial charge in [0.25, 0.3) is 0 Å². The molecule has 3 fully saturated rings. The molecule has 0 aliphatic heterocycles. The van der Waals surface area contributed by atoms with Crippen LogP contribution in [0.4, 0.5) is 0 Å². The highest BCUT2D eigenvalue weighted by Crippen LogP contribution is 2.71. The second kappa shape index (κ2) is 11.1. The molecule has 0 saturated heterocycles. The Morgan fingerprint density at radius 3 is 2.44 bits per heavy atom. The molecule has 4 aliphatic carbocycles. The summed E-state index contributed by atoms with van der Waals surface area (Å²) in [6.07, 6.45) is 5.10. The number of benzene rings is 1. The van der Waals surface area contributed by atoms with Crippen molar-refractivity contribution >= 4 is 18.0 Å². The van der Waals surface area contributed by atoms with Gasteiger partial charge < -0.3 is 29.9 Å². The molecular weight excluding hydrogens is 548 g/mol. The highest BCUT2D eigenvalue weighted by atomic mass is 16.6. The van der Waals surface area contributed by atoms with Crippen molar-refractivity contribution in [3.05, 3.63) is 53.6 Å². The number of rotatable bonds is 7. The number of aliphatic hydroxyl groups excluding tert-OH is 1. The highest BCUT2D eigenvalue weighted by Gasteiger charge is 2.81. The predicted molar refractivity (Wildman–Crippen MR) is 161 cm³/mol. The summed E-state index contributed by atoms with van der Waals surface area (Å²) in [5.74, 6) is -1.95. The van der Waals surface area contributed by atoms with Crippen molar-refractivity contribution in [3.8, 4) is 0 Å². The van der Waals surface area contributed by atoms with Crippen molar-refractivity contribution in [2.45, 2.75) is 121 Å². The van der Waals surface area contributed by atoms with Crippen LogP contribution in [0.1, 0.15) is 91.5 Å². The molecular formula is C35H48O8. The van der Waals surface area contributed by atoms with Gasteiger partial charge in [-0.25, -0.2) is 4.79 Å². The number of ether oxygens (including phenoxy) is 2. The molecule has 3 saturated carbocycles. The van der Waals surface area contributed by atoms with Gasteiger partial charge >= 0.3 is 11.9 Å². The van der Waals surface area contributed by atoms with E-state index in [0.29, 0.717) is 25.7 Å². The summed E-state index contributed by atoms with van der Waals surface area (Å²) in [6, 6.07) is 9.34. The molecule has 236 valence electrons. The van der Waals surface area contributed by atoms with Crippen LogP contribution in [0.25, 0.3) is 6.08 Å². The molecule has 4 aliphatic rings. The van der Waals surface area contributed by atoms with E-state index in [9.17, 15) is 30.0 Å². The summed E-state index contributed by atoms with van der Waals surface area (Å²) in [6.45, 7) is 9.00. The van der Waals surface area contributed by atoms with Gasteiger partial charge in [0.05, 0.1) is 17.4 Å². The molecule has 8 nitrogen and oxygen atoms in total. The molecule has 0 spiro atoms. The third-order valence-corrected chi connectivity index (χ3v) is 12.1. The van der Waals surface area contributed by atoms with Crippen LogP contribution in [-0.2, 0) is 19.1 Å². The first-order valence-corrected chi connectivity index (χ1v) is 15.8. The van der Waals surface area contributed by atoms with Gasteiger partial charge in [-0.05, 0) is 75.3 Å². The van der Waals surface area contributed by atoms with E-state index >= 15 is 0 Å². The molecule has 4 N–H and O–H groups in total. The van der Waals surface area contributed by atoms with Crippen LogP contribution in [0, 0.1) is 22.7 Å². The minimum Gasteiger partial charge on any atom is -0.459 e. The third kappa shape index (κ3) is 4.71. The van der Waals surface area contributed by atoms with E-state index < -0.39 is 63.8 Å². The minimum atomic E-state index is -1.87. The lowest BCUT2D eigenvalue weighted by Crippen LogP contribution is -2.78. The zero-order valence-corrected chi connectivity index (χ0v) is 26.1. The predicted octanol–water partition coefficient (Wildman–Crippen LogP) is 4.48. The van der Waals surface area contributed by atoms with Crippen LogP contribution >= 0.6 is 0 Å². The SMILES string of the molecule is CC[C@H](C)C(=O)O[C@@H](C)[C@]1(O)CC[C@@]2(O)[C@]1(C)[C@H](OC(=O)/C=C/c1ccccc1)C[C@@H]1[C@@]3(C)CC[C@H](O)CC3=CC[C@]12O. The van der Waals surface area contributed by atoms with Gasteiger partial charge in [-0.15, -0.1) is 0 Å². The fourth-order valence-corrected chi connectivity index (χ4v) is 8.95. The molecule has 0 amide bonds. The van der Waals surface area contributed by atoms with Crippen LogP contribution in [0.5, 0.6) is 0 Å². The zero-order valence-electron chi connectivity index (χ0n) is 26.1. The fraction of sp³-hybridized carbons (Fsp3) is 0.657. The monoisotopic (exact) mass is 596 g/mol. The maximum Gasteiger partial charge on any atom is 0.331 e. The largest absolute Gasteiger partial charge is 0.459 e. The molecule has 0 heterocycles. The number of fused-ring (bicyclic) bond motifs is 5. The lowest BCUT2D eigenvalue weighted by Gasteiger charge is -2.67. The van der Waals surface area contributed by atoms with E-state index in [1.54, 1.807) is 26.8 Å². The van der Waals surface area contributed by atoms with E-state index in [-0.39, 0.29) is 31.6 Å². The summed E-state index contributed by atoms with van der Waals surface area (Å²) in [5, 5.41) is 48.4. The maximum atomic E-state index is 13.4. The second-order valence-electron chi connectivity index (χ2n) is 14.0. The first-order chi connectivity index (χ1) is 20.2.